The molecule has 0 N–H and O–H groups in total. The molecule has 7 nitrogen and oxygen atoms in total. The van der Waals surface area contributed by atoms with E-state index in [-0.39, 0.29) is 4.90 Å². The largest absolute Gasteiger partial charge is 0.360 e. The molecule has 132 valence electrons. The zero-order chi connectivity index (χ0) is 17.6. The van der Waals surface area contributed by atoms with Gasteiger partial charge in [-0.15, -0.1) is 11.3 Å². The summed E-state index contributed by atoms with van der Waals surface area (Å²) in [4.78, 5) is 1.26. The lowest BCUT2D eigenvalue weighted by Gasteiger charge is -2.19. The number of nitrogens with zero attached hydrogens (tertiary/aromatic N) is 4. The van der Waals surface area contributed by atoms with E-state index in [1.54, 1.807) is 25.2 Å². The summed E-state index contributed by atoms with van der Waals surface area (Å²) in [6.07, 6.45) is 0.709. The van der Waals surface area contributed by atoms with Crippen molar-refractivity contribution in [3.63, 3.8) is 0 Å². The van der Waals surface area contributed by atoms with Gasteiger partial charge in [0.2, 0.25) is 10.0 Å². The van der Waals surface area contributed by atoms with Gasteiger partial charge in [0.15, 0.2) is 5.76 Å². The molecule has 3 aromatic heterocycles. The van der Waals surface area contributed by atoms with Crippen molar-refractivity contribution >= 4 is 21.4 Å². The lowest BCUT2D eigenvalue weighted by molar-refractivity contribution is 0.387. The Kier molecular flexibility index (Phi) is 4.01. The minimum absolute atomic E-state index is 0.180. The van der Waals surface area contributed by atoms with Crippen molar-refractivity contribution in [2.45, 2.75) is 38.3 Å². The van der Waals surface area contributed by atoms with E-state index in [9.17, 15) is 8.42 Å². The molecule has 0 aromatic carbocycles. The van der Waals surface area contributed by atoms with Crippen LogP contribution in [0.1, 0.15) is 23.6 Å². The van der Waals surface area contributed by atoms with Crippen molar-refractivity contribution in [2.24, 2.45) is 0 Å². The number of thiophene rings is 1. The zero-order valence-electron chi connectivity index (χ0n) is 14.0. The van der Waals surface area contributed by atoms with E-state index < -0.39 is 10.0 Å². The minimum Gasteiger partial charge on any atom is -0.360 e. The smallest absolute Gasteiger partial charge is 0.248 e. The van der Waals surface area contributed by atoms with Crippen LogP contribution in [0.5, 0.6) is 0 Å². The third-order valence-electron chi connectivity index (χ3n) is 4.32. The Hall–Kier alpha value is -1.97. The standard InChI is InChI=1S/C16H18N4O3S2/c1-11-16(12(2)23-18-11)25(21,22)19-6-4-7-20-13(10-19)9-14(17-20)15-5-3-8-24-15/h3,5,8-9H,4,6-7,10H2,1-2H3. The molecule has 0 radical (unpaired) electrons. The van der Waals surface area contributed by atoms with Crippen LogP contribution in [-0.2, 0) is 23.1 Å². The Balaban J connectivity index is 1.70. The first-order valence-electron chi connectivity index (χ1n) is 8.00. The molecule has 1 aliphatic heterocycles. The lowest BCUT2D eigenvalue weighted by Crippen LogP contribution is -2.31. The quantitative estimate of drug-likeness (QED) is 0.700. The molecule has 0 amide bonds. The average molecular weight is 378 g/mol. The van der Waals surface area contributed by atoms with Crippen molar-refractivity contribution < 1.29 is 12.9 Å². The Morgan fingerprint density at radius 1 is 1.28 bits per heavy atom. The minimum atomic E-state index is -3.65. The molecule has 3 aromatic rings. The monoisotopic (exact) mass is 378 g/mol. The molecule has 25 heavy (non-hydrogen) atoms. The molecular formula is C16H18N4O3S2. The van der Waals surface area contributed by atoms with Gasteiger partial charge in [-0.05, 0) is 37.8 Å². The lowest BCUT2D eigenvalue weighted by atomic mass is 10.3. The normalized spacial score (nSPS) is 15.9. The van der Waals surface area contributed by atoms with Gasteiger partial charge in [0.05, 0.1) is 17.1 Å². The van der Waals surface area contributed by atoms with Crippen LogP contribution in [0.3, 0.4) is 0 Å². The maximum Gasteiger partial charge on any atom is 0.248 e. The van der Waals surface area contributed by atoms with Crippen LogP contribution in [0, 0.1) is 13.8 Å². The second kappa shape index (κ2) is 6.08. The number of sulfonamides is 1. The van der Waals surface area contributed by atoms with Crippen molar-refractivity contribution in [1.29, 1.82) is 0 Å². The van der Waals surface area contributed by atoms with Gasteiger partial charge in [-0.25, -0.2) is 8.42 Å². The Morgan fingerprint density at radius 2 is 2.12 bits per heavy atom. The maximum atomic E-state index is 13.1. The van der Waals surface area contributed by atoms with Crippen molar-refractivity contribution in [1.82, 2.24) is 19.2 Å². The molecule has 4 rings (SSSR count). The molecule has 0 saturated heterocycles. The number of aryl methyl sites for hydroxylation is 3. The Labute approximate surface area is 149 Å². The first-order chi connectivity index (χ1) is 12.0. The highest BCUT2D eigenvalue weighted by molar-refractivity contribution is 7.89. The fourth-order valence-corrected chi connectivity index (χ4v) is 5.58. The van der Waals surface area contributed by atoms with Gasteiger partial charge in [-0.2, -0.15) is 9.40 Å². The predicted octanol–water partition coefficient (Wildman–Crippen LogP) is 2.81. The van der Waals surface area contributed by atoms with Gasteiger partial charge in [0, 0.05) is 13.1 Å². The SMILES string of the molecule is Cc1noc(C)c1S(=O)(=O)N1CCCn2nc(-c3cccs3)cc2C1. The molecule has 0 saturated carbocycles. The average Bonchev–Trinajstić information content (AvgIpc) is 3.26. The summed E-state index contributed by atoms with van der Waals surface area (Å²) < 4.78 is 34.6. The summed E-state index contributed by atoms with van der Waals surface area (Å²) in [6.45, 7) is 4.73. The van der Waals surface area contributed by atoms with E-state index in [0.717, 1.165) is 16.3 Å². The zero-order valence-corrected chi connectivity index (χ0v) is 15.6. The highest BCUT2D eigenvalue weighted by Crippen LogP contribution is 2.29. The highest BCUT2D eigenvalue weighted by Gasteiger charge is 2.33. The number of rotatable bonds is 3. The predicted molar refractivity (Wildman–Crippen MR) is 93.7 cm³/mol. The molecule has 0 fully saturated rings. The summed E-state index contributed by atoms with van der Waals surface area (Å²) in [5.41, 5.74) is 2.19. The topological polar surface area (TPSA) is 81.2 Å². The highest BCUT2D eigenvalue weighted by atomic mass is 32.2. The Morgan fingerprint density at radius 3 is 2.80 bits per heavy atom. The second-order valence-electron chi connectivity index (χ2n) is 6.07. The van der Waals surface area contributed by atoms with Crippen molar-refractivity contribution in [3.05, 3.63) is 40.7 Å². The van der Waals surface area contributed by atoms with Crippen molar-refractivity contribution in [3.8, 4) is 10.6 Å². The molecule has 0 spiro atoms. The van der Waals surface area contributed by atoms with E-state index >= 15 is 0 Å². The second-order valence-corrected chi connectivity index (χ2v) is 8.89. The number of fused-ring (bicyclic) bond motifs is 1. The summed E-state index contributed by atoms with van der Waals surface area (Å²) in [6, 6.07) is 5.98. The summed E-state index contributed by atoms with van der Waals surface area (Å²) in [5, 5.41) is 10.4. The van der Waals surface area contributed by atoms with Gasteiger partial charge in [0.1, 0.15) is 16.3 Å². The summed E-state index contributed by atoms with van der Waals surface area (Å²) >= 11 is 1.62. The first-order valence-corrected chi connectivity index (χ1v) is 10.3. The van der Waals surface area contributed by atoms with Crippen LogP contribution in [0.25, 0.3) is 10.6 Å². The van der Waals surface area contributed by atoms with E-state index in [1.807, 2.05) is 28.3 Å². The summed E-state index contributed by atoms with van der Waals surface area (Å²) in [5.74, 6) is 0.328. The van der Waals surface area contributed by atoms with E-state index in [2.05, 4.69) is 10.3 Å². The van der Waals surface area contributed by atoms with Gasteiger partial charge in [-0.1, -0.05) is 11.2 Å². The fourth-order valence-electron chi connectivity index (χ4n) is 3.15. The van der Waals surface area contributed by atoms with Crippen molar-refractivity contribution in [2.75, 3.05) is 6.54 Å². The first kappa shape index (κ1) is 16.5. The molecule has 9 heteroatoms. The van der Waals surface area contributed by atoms with E-state index in [1.165, 1.54) is 4.31 Å². The van der Waals surface area contributed by atoms with E-state index in [4.69, 9.17) is 4.52 Å². The van der Waals surface area contributed by atoms with Crippen LogP contribution in [0.4, 0.5) is 0 Å². The molecule has 0 bridgehead atoms. The third-order valence-corrected chi connectivity index (χ3v) is 7.30. The van der Waals surface area contributed by atoms with Crippen LogP contribution in [0.15, 0.2) is 33.0 Å². The van der Waals surface area contributed by atoms with Crippen LogP contribution >= 0.6 is 11.3 Å². The van der Waals surface area contributed by atoms with Gasteiger partial charge in [-0.3, -0.25) is 4.68 Å². The maximum absolute atomic E-state index is 13.1. The van der Waals surface area contributed by atoms with Crippen LogP contribution in [-0.4, -0.2) is 34.2 Å². The fraction of sp³-hybridized carbons (Fsp3) is 0.375. The van der Waals surface area contributed by atoms with Gasteiger partial charge in [0.25, 0.3) is 0 Å². The molecular weight excluding hydrogens is 360 g/mol. The van der Waals surface area contributed by atoms with Crippen LogP contribution in [0.2, 0.25) is 0 Å². The van der Waals surface area contributed by atoms with E-state index in [0.29, 0.717) is 37.5 Å². The molecule has 4 heterocycles. The Bertz CT molecular complexity index is 983. The molecule has 0 atom stereocenters. The molecule has 0 aliphatic carbocycles. The number of aromatic nitrogens is 3. The molecule has 1 aliphatic rings. The molecule has 0 unspecified atom stereocenters. The number of hydrogen-bond acceptors (Lipinski definition) is 6. The van der Waals surface area contributed by atoms with Crippen LogP contribution < -0.4 is 0 Å². The third kappa shape index (κ3) is 2.82. The van der Waals surface area contributed by atoms with Gasteiger partial charge < -0.3 is 4.52 Å². The summed E-state index contributed by atoms with van der Waals surface area (Å²) in [7, 11) is -3.65. The van der Waals surface area contributed by atoms with Gasteiger partial charge >= 0.3 is 0 Å². The number of hydrogen-bond donors (Lipinski definition) is 0.